The molecule has 3 heteroatoms. The Hall–Kier alpha value is -1.25. The van der Waals surface area contributed by atoms with Crippen molar-refractivity contribution in [2.45, 2.75) is 122 Å². The van der Waals surface area contributed by atoms with Crippen LogP contribution in [-0.2, 0) is 4.74 Å². The maximum atomic E-state index is 12.6. The topological polar surface area (TPSA) is 29.5 Å². The lowest BCUT2D eigenvalue weighted by Crippen LogP contribution is -2.53. The second kappa shape index (κ2) is 10.9. The molecular weight excluding hydrogens is 334 g/mol. The number of carbonyl (C=O) groups excluding carboxylic acids is 1. The van der Waals surface area contributed by atoms with E-state index in [0.29, 0.717) is 6.04 Å². The van der Waals surface area contributed by atoms with Gasteiger partial charge in [-0.05, 0) is 72.1 Å². The van der Waals surface area contributed by atoms with Crippen molar-refractivity contribution in [3.05, 3.63) is 24.3 Å². The van der Waals surface area contributed by atoms with Crippen LogP contribution in [0, 0.1) is 0 Å². The van der Waals surface area contributed by atoms with Crippen LogP contribution in [0.15, 0.2) is 24.3 Å². The Morgan fingerprint density at radius 2 is 1.81 bits per heavy atom. The molecule has 1 fully saturated rings. The van der Waals surface area contributed by atoms with Gasteiger partial charge in [0.25, 0.3) is 0 Å². The van der Waals surface area contributed by atoms with Crippen LogP contribution >= 0.6 is 0 Å². The first-order valence-electron chi connectivity index (χ1n) is 11.2. The van der Waals surface area contributed by atoms with E-state index in [1.54, 1.807) is 5.57 Å². The average Bonchev–Trinajstić information content (AvgIpc) is 2.58. The van der Waals surface area contributed by atoms with Crippen LogP contribution in [0.3, 0.4) is 0 Å². The molecule has 0 saturated carbocycles. The zero-order chi connectivity index (χ0) is 19.7. The summed E-state index contributed by atoms with van der Waals surface area (Å²) in [4.78, 5) is 14.7. The Morgan fingerprint density at radius 1 is 1.15 bits per heavy atom. The second-order valence-electron chi connectivity index (χ2n) is 9.37. The van der Waals surface area contributed by atoms with Gasteiger partial charge in [0.15, 0.2) is 0 Å². The fraction of sp³-hybridized carbons (Fsp3) is 0.792. The van der Waals surface area contributed by atoms with Gasteiger partial charge in [-0.25, -0.2) is 4.79 Å². The molecule has 1 saturated heterocycles. The number of hydrogen-bond acceptors (Lipinski definition) is 2. The standard InChI is InChI=1S/C24H41NO2/c1-5-6-7-8-9-10-11-12-13-15-20-18-21-16-14-17-22(19-20)25(21)23(26)27-24(2,3)4/h5,18,21-22H,1,6-17,19H2,2-4H3. The molecule has 0 aromatic carbocycles. The summed E-state index contributed by atoms with van der Waals surface area (Å²) in [5.74, 6) is 0. The summed E-state index contributed by atoms with van der Waals surface area (Å²) < 4.78 is 5.66. The zero-order valence-corrected chi connectivity index (χ0v) is 18.0. The van der Waals surface area contributed by atoms with Gasteiger partial charge in [-0.15, -0.1) is 6.58 Å². The first-order valence-corrected chi connectivity index (χ1v) is 11.2. The number of unbranched alkanes of at least 4 members (excludes halogenated alkanes) is 7. The molecule has 0 N–H and O–H groups in total. The van der Waals surface area contributed by atoms with Crippen molar-refractivity contribution in [2.75, 3.05) is 0 Å². The quantitative estimate of drug-likeness (QED) is 0.299. The minimum Gasteiger partial charge on any atom is -0.444 e. The summed E-state index contributed by atoms with van der Waals surface area (Å²) in [5, 5.41) is 0. The minimum absolute atomic E-state index is 0.121. The number of fused-ring (bicyclic) bond motifs is 2. The van der Waals surface area contributed by atoms with E-state index in [2.05, 4.69) is 12.7 Å². The lowest BCUT2D eigenvalue weighted by Gasteiger charge is -2.45. The van der Waals surface area contributed by atoms with Gasteiger partial charge in [-0.3, -0.25) is 4.90 Å². The van der Waals surface area contributed by atoms with E-state index in [0.717, 1.165) is 25.7 Å². The molecule has 0 aliphatic carbocycles. The summed E-state index contributed by atoms with van der Waals surface area (Å²) >= 11 is 0. The van der Waals surface area contributed by atoms with Crippen LogP contribution in [-0.4, -0.2) is 28.7 Å². The molecule has 0 aromatic heterocycles. The molecule has 2 heterocycles. The smallest absolute Gasteiger partial charge is 0.411 e. The Labute approximate surface area is 167 Å². The van der Waals surface area contributed by atoms with E-state index >= 15 is 0 Å². The largest absolute Gasteiger partial charge is 0.444 e. The maximum Gasteiger partial charge on any atom is 0.411 e. The van der Waals surface area contributed by atoms with Crippen molar-refractivity contribution in [2.24, 2.45) is 0 Å². The maximum absolute atomic E-state index is 12.6. The number of carbonyl (C=O) groups is 1. The summed E-state index contributed by atoms with van der Waals surface area (Å²) in [6.45, 7) is 9.63. The van der Waals surface area contributed by atoms with E-state index in [1.165, 1.54) is 57.8 Å². The summed E-state index contributed by atoms with van der Waals surface area (Å²) in [6.07, 6.45) is 20.5. The third-order valence-electron chi connectivity index (χ3n) is 5.72. The molecule has 2 atom stereocenters. The predicted molar refractivity (Wildman–Crippen MR) is 114 cm³/mol. The van der Waals surface area contributed by atoms with E-state index in [1.807, 2.05) is 31.7 Å². The van der Waals surface area contributed by atoms with Crippen LogP contribution in [0.25, 0.3) is 0 Å². The summed E-state index contributed by atoms with van der Waals surface area (Å²) in [7, 11) is 0. The first kappa shape index (κ1) is 22.0. The highest BCUT2D eigenvalue weighted by atomic mass is 16.6. The number of piperidine rings is 1. The Kier molecular flexibility index (Phi) is 8.92. The molecule has 2 aliphatic heterocycles. The molecule has 0 radical (unpaired) electrons. The van der Waals surface area contributed by atoms with Crippen LogP contribution < -0.4 is 0 Å². The van der Waals surface area contributed by atoms with Gasteiger partial charge in [0.05, 0.1) is 6.04 Å². The number of hydrogen-bond donors (Lipinski definition) is 0. The van der Waals surface area contributed by atoms with Crippen molar-refractivity contribution < 1.29 is 9.53 Å². The number of nitrogens with zero attached hydrogens (tertiary/aromatic N) is 1. The van der Waals surface area contributed by atoms with Crippen molar-refractivity contribution in [3.63, 3.8) is 0 Å². The van der Waals surface area contributed by atoms with Gasteiger partial charge >= 0.3 is 6.09 Å². The van der Waals surface area contributed by atoms with Gasteiger partial charge in [-0.2, -0.15) is 0 Å². The van der Waals surface area contributed by atoms with E-state index in [9.17, 15) is 4.79 Å². The van der Waals surface area contributed by atoms with Gasteiger partial charge in [0, 0.05) is 6.04 Å². The van der Waals surface area contributed by atoms with Crippen molar-refractivity contribution >= 4 is 6.09 Å². The molecular formula is C24H41NO2. The number of rotatable bonds is 10. The van der Waals surface area contributed by atoms with Crippen molar-refractivity contribution in [1.29, 1.82) is 0 Å². The van der Waals surface area contributed by atoms with Crippen molar-refractivity contribution in [1.82, 2.24) is 4.90 Å². The highest BCUT2D eigenvalue weighted by Crippen LogP contribution is 2.36. The molecule has 0 aromatic rings. The number of allylic oxidation sites excluding steroid dienone is 1. The SMILES string of the molecule is C=CCCCCCCCCCC1=CC2CCCC(C1)N2C(=O)OC(C)(C)C. The second-order valence-corrected chi connectivity index (χ2v) is 9.37. The van der Waals surface area contributed by atoms with Gasteiger partial charge in [0.1, 0.15) is 5.60 Å². The molecule has 154 valence electrons. The lowest BCUT2D eigenvalue weighted by molar-refractivity contribution is -0.00159. The molecule has 2 unspecified atom stereocenters. The first-order chi connectivity index (χ1) is 12.9. The predicted octanol–water partition coefficient (Wildman–Crippen LogP) is 7.17. The molecule has 27 heavy (non-hydrogen) atoms. The van der Waals surface area contributed by atoms with Gasteiger partial charge in [-0.1, -0.05) is 49.8 Å². The van der Waals surface area contributed by atoms with Crippen LogP contribution in [0.2, 0.25) is 0 Å². The Bertz CT molecular complexity index is 503. The minimum atomic E-state index is -0.416. The number of ether oxygens (including phenoxy) is 1. The van der Waals surface area contributed by atoms with Crippen LogP contribution in [0.1, 0.15) is 104 Å². The third kappa shape index (κ3) is 7.71. The Balaban J connectivity index is 1.72. The summed E-state index contributed by atoms with van der Waals surface area (Å²) in [6, 6.07) is 0.607. The lowest BCUT2D eigenvalue weighted by atomic mass is 9.84. The highest BCUT2D eigenvalue weighted by Gasteiger charge is 2.38. The summed E-state index contributed by atoms with van der Waals surface area (Å²) in [5.41, 5.74) is 1.16. The number of amides is 1. The zero-order valence-electron chi connectivity index (χ0n) is 18.0. The van der Waals surface area contributed by atoms with Crippen molar-refractivity contribution in [3.8, 4) is 0 Å². The normalized spacial score (nSPS) is 22.3. The van der Waals surface area contributed by atoms with Gasteiger partial charge < -0.3 is 4.74 Å². The molecule has 2 rings (SSSR count). The average molecular weight is 376 g/mol. The molecule has 1 amide bonds. The van der Waals surface area contributed by atoms with E-state index in [4.69, 9.17) is 4.74 Å². The fourth-order valence-corrected chi connectivity index (χ4v) is 4.43. The molecule has 2 aliphatic rings. The molecule has 2 bridgehead atoms. The van der Waals surface area contributed by atoms with E-state index in [-0.39, 0.29) is 12.1 Å². The third-order valence-corrected chi connectivity index (χ3v) is 5.72. The highest BCUT2D eigenvalue weighted by molar-refractivity contribution is 5.70. The van der Waals surface area contributed by atoms with E-state index < -0.39 is 5.60 Å². The Morgan fingerprint density at radius 3 is 2.44 bits per heavy atom. The van der Waals surface area contributed by atoms with Crippen LogP contribution in [0.5, 0.6) is 0 Å². The van der Waals surface area contributed by atoms with Crippen LogP contribution in [0.4, 0.5) is 4.79 Å². The molecule has 0 spiro atoms. The van der Waals surface area contributed by atoms with Gasteiger partial charge in [0.2, 0.25) is 0 Å². The monoisotopic (exact) mass is 375 g/mol. The fourth-order valence-electron chi connectivity index (χ4n) is 4.43. The molecule has 3 nitrogen and oxygen atoms in total.